The Hall–Kier alpha value is -2.31. The van der Waals surface area contributed by atoms with Gasteiger partial charge in [0.2, 0.25) is 0 Å². The zero-order valence-electron chi connectivity index (χ0n) is 13.6. The maximum Gasteiger partial charge on any atom is 0.264 e. The summed E-state index contributed by atoms with van der Waals surface area (Å²) in [4.78, 5) is 16.4. The van der Waals surface area contributed by atoms with Gasteiger partial charge in [-0.1, -0.05) is 29.9 Å². The third-order valence-electron chi connectivity index (χ3n) is 3.26. The first-order valence-electron chi connectivity index (χ1n) is 7.85. The molecular formula is C18H17ClN2O3S. The highest BCUT2D eigenvalue weighted by molar-refractivity contribution is 7.22. The molecule has 0 saturated heterocycles. The number of anilines is 1. The number of hydrogen-bond donors (Lipinski definition) is 1. The van der Waals surface area contributed by atoms with Gasteiger partial charge in [-0.15, -0.1) is 0 Å². The molecule has 3 rings (SSSR count). The minimum atomic E-state index is -0.267. The number of nitrogens with zero attached hydrogens (tertiary/aromatic N) is 1. The molecule has 0 saturated carbocycles. The number of amides is 1. The molecule has 25 heavy (non-hydrogen) atoms. The molecule has 0 radical (unpaired) electrons. The van der Waals surface area contributed by atoms with Crippen molar-refractivity contribution >= 4 is 44.2 Å². The van der Waals surface area contributed by atoms with E-state index in [1.165, 1.54) is 11.3 Å². The Morgan fingerprint density at radius 2 is 1.88 bits per heavy atom. The molecule has 0 aliphatic heterocycles. The lowest BCUT2D eigenvalue weighted by atomic mass is 10.3. The van der Waals surface area contributed by atoms with Crippen LogP contribution in [-0.2, 0) is 4.79 Å². The second kappa shape index (κ2) is 8.18. The summed E-state index contributed by atoms with van der Waals surface area (Å²) in [6.45, 7) is 2.64. The van der Waals surface area contributed by atoms with Gasteiger partial charge >= 0.3 is 0 Å². The van der Waals surface area contributed by atoms with E-state index in [1.807, 2.05) is 24.3 Å². The Morgan fingerprint density at radius 3 is 2.60 bits per heavy atom. The largest absolute Gasteiger partial charge is 0.494 e. The number of ether oxygens (including phenoxy) is 2. The van der Waals surface area contributed by atoms with Gasteiger partial charge in [-0.2, -0.15) is 0 Å². The average molecular weight is 377 g/mol. The molecule has 0 atom stereocenters. The van der Waals surface area contributed by atoms with E-state index in [0.717, 1.165) is 22.4 Å². The zero-order chi connectivity index (χ0) is 17.6. The summed E-state index contributed by atoms with van der Waals surface area (Å²) >= 11 is 7.32. The van der Waals surface area contributed by atoms with Gasteiger partial charge in [-0.3, -0.25) is 10.1 Å². The Kier molecular flexibility index (Phi) is 5.73. The molecule has 2 aromatic carbocycles. The summed E-state index contributed by atoms with van der Waals surface area (Å²) in [7, 11) is 0. The number of halogens is 1. The average Bonchev–Trinajstić information content (AvgIpc) is 3.00. The van der Waals surface area contributed by atoms with E-state index in [9.17, 15) is 4.79 Å². The lowest BCUT2D eigenvalue weighted by Crippen LogP contribution is -2.19. The fraction of sp³-hybridized carbons (Fsp3) is 0.222. The van der Waals surface area contributed by atoms with Crippen LogP contribution in [0.25, 0.3) is 10.2 Å². The molecule has 0 unspecified atom stereocenters. The predicted molar refractivity (Wildman–Crippen MR) is 101 cm³/mol. The zero-order valence-corrected chi connectivity index (χ0v) is 15.2. The molecule has 5 nitrogen and oxygen atoms in total. The quantitative estimate of drug-likeness (QED) is 0.646. The summed E-state index contributed by atoms with van der Waals surface area (Å²) in [5.74, 6) is 1.12. The molecule has 7 heteroatoms. The first kappa shape index (κ1) is 17.5. The van der Waals surface area contributed by atoms with Crippen LogP contribution < -0.4 is 14.8 Å². The number of carbonyl (C=O) groups is 1. The van der Waals surface area contributed by atoms with Crippen LogP contribution in [-0.4, -0.2) is 24.1 Å². The van der Waals surface area contributed by atoms with Crippen molar-refractivity contribution in [3.63, 3.8) is 0 Å². The van der Waals surface area contributed by atoms with Gasteiger partial charge in [0.15, 0.2) is 11.7 Å². The van der Waals surface area contributed by atoms with Crippen molar-refractivity contribution in [3.05, 3.63) is 47.5 Å². The second-order valence-corrected chi connectivity index (χ2v) is 6.75. The van der Waals surface area contributed by atoms with Crippen molar-refractivity contribution in [2.75, 3.05) is 18.5 Å². The van der Waals surface area contributed by atoms with Crippen LogP contribution >= 0.6 is 22.9 Å². The molecule has 1 heterocycles. The molecule has 1 aromatic heterocycles. The summed E-state index contributed by atoms with van der Waals surface area (Å²) in [5, 5.41) is 3.90. The minimum absolute atomic E-state index is 0.0914. The van der Waals surface area contributed by atoms with E-state index in [4.69, 9.17) is 21.1 Å². The van der Waals surface area contributed by atoms with Gasteiger partial charge in [0.05, 0.1) is 16.8 Å². The Balaban J connectivity index is 1.53. The highest BCUT2D eigenvalue weighted by atomic mass is 35.5. The number of rotatable bonds is 7. The maximum absolute atomic E-state index is 12.0. The number of benzene rings is 2. The number of hydrogen-bond acceptors (Lipinski definition) is 5. The van der Waals surface area contributed by atoms with Crippen LogP contribution in [0.15, 0.2) is 42.5 Å². The van der Waals surface area contributed by atoms with E-state index < -0.39 is 0 Å². The van der Waals surface area contributed by atoms with Crippen LogP contribution in [0, 0.1) is 0 Å². The number of carbonyl (C=O) groups excluding carboxylic acids is 1. The highest BCUT2D eigenvalue weighted by Crippen LogP contribution is 2.28. The molecule has 0 bridgehead atoms. The molecule has 1 N–H and O–H groups in total. The summed E-state index contributed by atoms with van der Waals surface area (Å²) in [6.07, 6.45) is 0.955. The molecular weight excluding hydrogens is 360 g/mol. The van der Waals surface area contributed by atoms with E-state index in [-0.39, 0.29) is 12.5 Å². The standard InChI is InChI=1S/C18H17ClN2O3S/c1-2-9-23-13-4-6-14(7-5-13)24-11-17(22)21-18-20-15-8-3-12(19)10-16(15)25-18/h3-8,10H,2,9,11H2,1H3,(H,20,21,22). The number of thiazole rings is 1. The van der Waals surface area contributed by atoms with Gasteiger partial charge in [-0.05, 0) is 48.9 Å². The van der Waals surface area contributed by atoms with Crippen molar-refractivity contribution in [3.8, 4) is 11.5 Å². The van der Waals surface area contributed by atoms with Gasteiger partial charge in [0.1, 0.15) is 11.5 Å². The Labute approximate surface area is 154 Å². The molecule has 0 aliphatic carbocycles. The second-order valence-electron chi connectivity index (χ2n) is 5.29. The molecule has 1 amide bonds. The summed E-state index contributed by atoms with van der Waals surface area (Å²) < 4.78 is 11.9. The molecule has 130 valence electrons. The lowest BCUT2D eigenvalue weighted by Gasteiger charge is -2.07. The predicted octanol–water partition coefficient (Wildman–Crippen LogP) is 4.76. The van der Waals surface area contributed by atoms with Crippen LogP contribution in [0.5, 0.6) is 11.5 Å². The minimum Gasteiger partial charge on any atom is -0.494 e. The number of nitrogens with one attached hydrogen (secondary N) is 1. The first-order valence-corrected chi connectivity index (χ1v) is 9.05. The normalized spacial score (nSPS) is 10.6. The van der Waals surface area contributed by atoms with E-state index in [0.29, 0.717) is 22.5 Å². The molecule has 0 spiro atoms. The van der Waals surface area contributed by atoms with Gasteiger partial charge in [-0.25, -0.2) is 4.98 Å². The van der Waals surface area contributed by atoms with Crippen molar-refractivity contribution in [1.29, 1.82) is 0 Å². The lowest BCUT2D eigenvalue weighted by molar-refractivity contribution is -0.118. The molecule has 0 aliphatic rings. The number of aromatic nitrogens is 1. The Morgan fingerprint density at radius 1 is 1.16 bits per heavy atom. The van der Waals surface area contributed by atoms with Crippen molar-refractivity contribution < 1.29 is 14.3 Å². The topological polar surface area (TPSA) is 60.5 Å². The van der Waals surface area contributed by atoms with Crippen LogP contribution in [0.4, 0.5) is 5.13 Å². The van der Waals surface area contributed by atoms with Crippen molar-refractivity contribution in [1.82, 2.24) is 4.98 Å². The summed E-state index contributed by atoms with van der Waals surface area (Å²) in [5.41, 5.74) is 0.799. The van der Waals surface area contributed by atoms with E-state index >= 15 is 0 Å². The summed E-state index contributed by atoms with van der Waals surface area (Å²) in [6, 6.07) is 12.6. The van der Waals surface area contributed by atoms with Crippen LogP contribution in [0.1, 0.15) is 13.3 Å². The smallest absolute Gasteiger partial charge is 0.264 e. The van der Waals surface area contributed by atoms with E-state index in [1.54, 1.807) is 18.2 Å². The number of fused-ring (bicyclic) bond motifs is 1. The van der Waals surface area contributed by atoms with Gasteiger partial charge in [0, 0.05) is 5.02 Å². The van der Waals surface area contributed by atoms with Crippen LogP contribution in [0.2, 0.25) is 5.02 Å². The highest BCUT2D eigenvalue weighted by Gasteiger charge is 2.09. The maximum atomic E-state index is 12.0. The van der Waals surface area contributed by atoms with E-state index in [2.05, 4.69) is 17.2 Å². The van der Waals surface area contributed by atoms with Crippen molar-refractivity contribution in [2.24, 2.45) is 0 Å². The van der Waals surface area contributed by atoms with Crippen molar-refractivity contribution in [2.45, 2.75) is 13.3 Å². The fourth-order valence-corrected chi connectivity index (χ4v) is 3.27. The SMILES string of the molecule is CCCOc1ccc(OCC(=O)Nc2nc3ccc(Cl)cc3s2)cc1. The molecule has 3 aromatic rings. The first-order chi connectivity index (χ1) is 12.1. The van der Waals surface area contributed by atoms with Gasteiger partial charge in [0.25, 0.3) is 5.91 Å². The Bertz CT molecular complexity index is 864. The van der Waals surface area contributed by atoms with Gasteiger partial charge < -0.3 is 9.47 Å². The molecule has 0 fully saturated rings. The third kappa shape index (κ3) is 4.84. The monoisotopic (exact) mass is 376 g/mol. The fourth-order valence-electron chi connectivity index (χ4n) is 2.11. The van der Waals surface area contributed by atoms with Crippen LogP contribution in [0.3, 0.4) is 0 Å². The third-order valence-corrected chi connectivity index (χ3v) is 4.43.